The highest BCUT2D eigenvalue weighted by Gasteiger charge is 2.39. The first-order valence-corrected chi connectivity index (χ1v) is 5.74. The van der Waals surface area contributed by atoms with Gasteiger partial charge >= 0.3 is 0 Å². The highest BCUT2D eigenvalue weighted by molar-refractivity contribution is 5.99. The molecule has 0 aromatic carbocycles. The van der Waals surface area contributed by atoms with Crippen molar-refractivity contribution in [1.29, 1.82) is 0 Å². The van der Waals surface area contributed by atoms with E-state index in [-0.39, 0.29) is 17.8 Å². The summed E-state index contributed by atoms with van der Waals surface area (Å²) < 4.78 is 5.52. The number of nitrogens with zero attached hydrogens (tertiary/aromatic N) is 1. The zero-order chi connectivity index (χ0) is 11.7. The van der Waals surface area contributed by atoms with Gasteiger partial charge in [-0.15, -0.1) is 0 Å². The van der Waals surface area contributed by atoms with Gasteiger partial charge in [0.25, 0.3) is 0 Å². The van der Waals surface area contributed by atoms with Crippen LogP contribution in [-0.2, 0) is 0 Å². The van der Waals surface area contributed by atoms with Crippen LogP contribution in [0.3, 0.4) is 0 Å². The van der Waals surface area contributed by atoms with Crippen LogP contribution in [0.2, 0.25) is 0 Å². The normalized spacial score (nSPS) is 23.2. The molecular formula is C13H17NO2. The lowest BCUT2D eigenvalue weighted by molar-refractivity contribution is 0.0961. The summed E-state index contributed by atoms with van der Waals surface area (Å²) in [5, 5.41) is 0. The van der Waals surface area contributed by atoms with E-state index < -0.39 is 0 Å². The Kier molecular flexibility index (Phi) is 2.95. The minimum Gasteiger partial charge on any atom is -0.489 e. The van der Waals surface area contributed by atoms with Crippen molar-refractivity contribution in [1.82, 2.24) is 4.98 Å². The highest BCUT2D eigenvalue weighted by atomic mass is 16.5. The Labute approximate surface area is 95.8 Å². The SMILES string of the molecule is CC(C)Oc1cncc(C(=O)C2CC2C)c1. The van der Waals surface area contributed by atoms with Crippen molar-refractivity contribution in [2.75, 3.05) is 0 Å². The maximum absolute atomic E-state index is 12.0. The lowest BCUT2D eigenvalue weighted by Gasteiger charge is -2.09. The van der Waals surface area contributed by atoms with Crippen LogP contribution >= 0.6 is 0 Å². The Bertz CT molecular complexity index is 401. The predicted octanol–water partition coefficient (Wildman–Crippen LogP) is 2.71. The molecule has 0 amide bonds. The molecule has 1 heterocycles. The van der Waals surface area contributed by atoms with E-state index in [1.54, 1.807) is 18.5 Å². The average molecular weight is 219 g/mol. The fourth-order valence-corrected chi connectivity index (χ4v) is 1.79. The molecule has 1 aromatic heterocycles. The molecule has 2 atom stereocenters. The van der Waals surface area contributed by atoms with Crippen LogP contribution in [0.5, 0.6) is 5.75 Å². The molecule has 1 aromatic rings. The number of carbonyl (C=O) groups is 1. The molecule has 0 N–H and O–H groups in total. The highest BCUT2D eigenvalue weighted by Crippen LogP contribution is 2.40. The van der Waals surface area contributed by atoms with E-state index in [4.69, 9.17) is 4.74 Å². The molecule has 0 bridgehead atoms. The molecule has 1 aliphatic carbocycles. The molecule has 16 heavy (non-hydrogen) atoms. The van der Waals surface area contributed by atoms with Crippen LogP contribution in [0, 0.1) is 11.8 Å². The van der Waals surface area contributed by atoms with Gasteiger partial charge in [-0.3, -0.25) is 9.78 Å². The third kappa shape index (κ3) is 2.40. The second-order valence-electron chi connectivity index (χ2n) is 4.76. The van der Waals surface area contributed by atoms with E-state index in [0.717, 1.165) is 6.42 Å². The molecule has 1 saturated carbocycles. The maximum Gasteiger partial charge on any atom is 0.167 e. The van der Waals surface area contributed by atoms with Gasteiger partial charge < -0.3 is 4.74 Å². The zero-order valence-corrected chi connectivity index (χ0v) is 9.93. The molecule has 3 heteroatoms. The van der Waals surface area contributed by atoms with Gasteiger partial charge in [0.15, 0.2) is 5.78 Å². The Morgan fingerprint density at radius 1 is 1.50 bits per heavy atom. The first-order chi connectivity index (χ1) is 7.58. The smallest absolute Gasteiger partial charge is 0.167 e. The topological polar surface area (TPSA) is 39.2 Å². The molecule has 86 valence electrons. The second kappa shape index (κ2) is 4.24. The molecule has 0 saturated heterocycles. The molecular weight excluding hydrogens is 202 g/mol. The standard InChI is InChI=1S/C13H17NO2/c1-8(2)16-11-5-10(6-14-7-11)13(15)12-4-9(12)3/h5-9,12H,4H2,1-3H3. The zero-order valence-electron chi connectivity index (χ0n) is 9.93. The van der Waals surface area contributed by atoms with Crippen LogP contribution in [0.25, 0.3) is 0 Å². The Balaban J connectivity index is 2.12. The summed E-state index contributed by atoms with van der Waals surface area (Å²) in [5.74, 6) is 1.61. The summed E-state index contributed by atoms with van der Waals surface area (Å²) in [6, 6.07) is 1.79. The molecule has 0 aliphatic heterocycles. The second-order valence-corrected chi connectivity index (χ2v) is 4.76. The van der Waals surface area contributed by atoms with E-state index in [1.165, 1.54) is 0 Å². The maximum atomic E-state index is 12.0. The summed E-state index contributed by atoms with van der Waals surface area (Å²) in [6.07, 6.45) is 4.38. The molecule has 2 rings (SSSR count). The van der Waals surface area contributed by atoms with Crippen molar-refractivity contribution in [3.8, 4) is 5.75 Å². The van der Waals surface area contributed by atoms with E-state index in [2.05, 4.69) is 11.9 Å². The minimum absolute atomic E-state index is 0.104. The van der Waals surface area contributed by atoms with E-state index in [9.17, 15) is 4.79 Å². The molecule has 2 unspecified atom stereocenters. The van der Waals surface area contributed by atoms with Gasteiger partial charge in [-0.1, -0.05) is 6.92 Å². The average Bonchev–Trinajstić information content (AvgIpc) is 2.94. The number of aromatic nitrogens is 1. The summed E-state index contributed by atoms with van der Waals surface area (Å²) in [6.45, 7) is 6.01. The summed E-state index contributed by atoms with van der Waals surface area (Å²) >= 11 is 0. The number of hydrogen-bond donors (Lipinski definition) is 0. The summed E-state index contributed by atoms with van der Waals surface area (Å²) in [4.78, 5) is 16.0. The van der Waals surface area contributed by atoms with Gasteiger partial charge in [0.2, 0.25) is 0 Å². The van der Waals surface area contributed by atoms with Crippen LogP contribution < -0.4 is 4.74 Å². The first kappa shape index (κ1) is 11.1. The molecule has 1 fully saturated rings. The molecule has 3 nitrogen and oxygen atoms in total. The summed E-state index contributed by atoms with van der Waals surface area (Å²) in [7, 11) is 0. The lowest BCUT2D eigenvalue weighted by atomic mass is 10.1. The third-order valence-electron chi connectivity index (χ3n) is 2.82. The fourth-order valence-electron chi connectivity index (χ4n) is 1.79. The minimum atomic E-state index is 0.104. The monoisotopic (exact) mass is 219 g/mol. The number of carbonyl (C=O) groups excluding carboxylic acids is 1. The van der Waals surface area contributed by atoms with Crippen molar-refractivity contribution < 1.29 is 9.53 Å². The molecule has 0 radical (unpaired) electrons. The number of rotatable bonds is 4. The van der Waals surface area contributed by atoms with Gasteiger partial charge in [-0.25, -0.2) is 0 Å². The largest absolute Gasteiger partial charge is 0.489 e. The number of hydrogen-bond acceptors (Lipinski definition) is 3. The van der Waals surface area contributed by atoms with Crippen molar-refractivity contribution in [3.05, 3.63) is 24.0 Å². The number of pyridine rings is 1. The third-order valence-corrected chi connectivity index (χ3v) is 2.82. The van der Waals surface area contributed by atoms with Crippen LogP contribution in [0.1, 0.15) is 37.6 Å². The fraction of sp³-hybridized carbons (Fsp3) is 0.538. The Hall–Kier alpha value is -1.38. The molecule has 1 aliphatic rings. The first-order valence-electron chi connectivity index (χ1n) is 5.74. The Morgan fingerprint density at radius 3 is 2.75 bits per heavy atom. The van der Waals surface area contributed by atoms with Gasteiger partial charge in [-0.05, 0) is 32.3 Å². The van der Waals surface area contributed by atoms with E-state index in [0.29, 0.717) is 17.2 Å². The summed E-state index contributed by atoms with van der Waals surface area (Å²) in [5.41, 5.74) is 0.674. The number of ether oxygens (including phenoxy) is 1. The lowest BCUT2D eigenvalue weighted by Crippen LogP contribution is -2.08. The number of Topliss-reactive ketones (excluding diaryl/α,β-unsaturated/α-hetero) is 1. The van der Waals surface area contributed by atoms with E-state index >= 15 is 0 Å². The van der Waals surface area contributed by atoms with Crippen LogP contribution in [0.4, 0.5) is 0 Å². The number of ketones is 1. The van der Waals surface area contributed by atoms with Gasteiger partial charge in [-0.2, -0.15) is 0 Å². The van der Waals surface area contributed by atoms with Crippen molar-refractivity contribution in [3.63, 3.8) is 0 Å². The van der Waals surface area contributed by atoms with Crippen LogP contribution in [-0.4, -0.2) is 16.9 Å². The van der Waals surface area contributed by atoms with Crippen molar-refractivity contribution in [2.24, 2.45) is 11.8 Å². The molecule has 0 spiro atoms. The predicted molar refractivity (Wildman–Crippen MR) is 61.6 cm³/mol. The quantitative estimate of drug-likeness (QED) is 0.731. The van der Waals surface area contributed by atoms with Gasteiger partial charge in [0, 0.05) is 17.7 Å². The van der Waals surface area contributed by atoms with Gasteiger partial charge in [0.1, 0.15) is 5.75 Å². The van der Waals surface area contributed by atoms with Gasteiger partial charge in [0.05, 0.1) is 12.3 Å². The Morgan fingerprint density at radius 2 is 2.19 bits per heavy atom. The van der Waals surface area contributed by atoms with Crippen molar-refractivity contribution >= 4 is 5.78 Å². The van der Waals surface area contributed by atoms with Crippen molar-refractivity contribution in [2.45, 2.75) is 33.3 Å². The van der Waals surface area contributed by atoms with Crippen LogP contribution in [0.15, 0.2) is 18.5 Å². The van der Waals surface area contributed by atoms with E-state index in [1.807, 2.05) is 13.8 Å².